The van der Waals surface area contributed by atoms with Crippen molar-refractivity contribution >= 4 is 27.5 Å². The van der Waals surface area contributed by atoms with Gasteiger partial charge in [0.1, 0.15) is 6.07 Å². The topological polar surface area (TPSA) is 56.1 Å². The van der Waals surface area contributed by atoms with Crippen LogP contribution in [0, 0.1) is 11.3 Å². The molecule has 1 fully saturated rings. The zero-order valence-electron chi connectivity index (χ0n) is 10.7. The molecule has 0 bridgehead atoms. The molecule has 0 unspecified atom stereocenters. The SMILES string of the molecule is N#Cc1ccc(NCCC(=O)N2CCCC2)cc1Br. The molecule has 19 heavy (non-hydrogen) atoms. The van der Waals surface area contributed by atoms with Crippen LogP contribution < -0.4 is 5.32 Å². The minimum atomic E-state index is 0.220. The number of nitrogens with one attached hydrogen (secondary N) is 1. The van der Waals surface area contributed by atoms with Crippen molar-refractivity contribution in [2.75, 3.05) is 25.0 Å². The zero-order valence-corrected chi connectivity index (χ0v) is 12.2. The molecule has 0 atom stereocenters. The molecular formula is C14H16BrN3O. The quantitative estimate of drug-likeness (QED) is 0.927. The summed E-state index contributed by atoms with van der Waals surface area (Å²) >= 11 is 3.34. The summed E-state index contributed by atoms with van der Waals surface area (Å²) in [5.74, 6) is 0.220. The van der Waals surface area contributed by atoms with Gasteiger partial charge in [-0.2, -0.15) is 5.26 Å². The average molecular weight is 322 g/mol. The lowest BCUT2D eigenvalue weighted by Gasteiger charge is -2.15. The third-order valence-corrected chi connectivity index (χ3v) is 3.87. The van der Waals surface area contributed by atoms with Crippen LogP contribution in [0.1, 0.15) is 24.8 Å². The maximum atomic E-state index is 11.8. The number of carbonyl (C=O) groups is 1. The highest BCUT2D eigenvalue weighted by Gasteiger charge is 2.16. The van der Waals surface area contributed by atoms with Gasteiger partial charge in [-0.3, -0.25) is 4.79 Å². The van der Waals surface area contributed by atoms with Crippen molar-refractivity contribution in [1.82, 2.24) is 4.90 Å². The summed E-state index contributed by atoms with van der Waals surface area (Å²) in [6, 6.07) is 7.57. The summed E-state index contributed by atoms with van der Waals surface area (Å²) in [5, 5.41) is 12.0. The molecule has 0 aromatic heterocycles. The summed E-state index contributed by atoms with van der Waals surface area (Å²) in [6.07, 6.45) is 2.76. The number of benzene rings is 1. The third-order valence-electron chi connectivity index (χ3n) is 3.22. The Hall–Kier alpha value is -1.54. The molecule has 1 aromatic rings. The molecule has 5 heteroatoms. The average Bonchev–Trinajstić information content (AvgIpc) is 2.93. The number of amides is 1. The number of likely N-dealkylation sites (tertiary alicyclic amines) is 1. The van der Waals surface area contributed by atoms with Crippen LogP contribution in [-0.4, -0.2) is 30.4 Å². The van der Waals surface area contributed by atoms with Crippen molar-refractivity contribution in [2.24, 2.45) is 0 Å². The Balaban J connectivity index is 1.81. The maximum Gasteiger partial charge on any atom is 0.224 e. The summed E-state index contributed by atoms with van der Waals surface area (Å²) in [7, 11) is 0. The van der Waals surface area contributed by atoms with Crippen LogP contribution in [0.5, 0.6) is 0 Å². The fourth-order valence-electron chi connectivity index (χ4n) is 2.15. The molecule has 1 aliphatic rings. The Labute approximate surface area is 121 Å². The molecule has 2 rings (SSSR count). The summed E-state index contributed by atoms with van der Waals surface area (Å²) < 4.78 is 0.769. The third kappa shape index (κ3) is 3.71. The van der Waals surface area contributed by atoms with Crippen molar-refractivity contribution in [2.45, 2.75) is 19.3 Å². The Morgan fingerprint density at radius 3 is 2.79 bits per heavy atom. The predicted octanol–water partition coefficient (Wildman–Crippen LogP) is 2.75. The van der Waals surface area contributed by atoms with Crippen molar-refractivity contribution in [3.63, 3.8) is 0 Å². The fraction of sp³-hybridized carbons (Fsp3) is 0.429. The second-order valence-corrected chi connectivity index (χ2v) is 5.43. The lowest BCUT2D eigenvalue weighted by molar-refractivity contribution is -0.129. The number of hydrogen-bond donors (Lipinski definition) is 1. The molecule has 1 saturated heterocycles. The van der Waals surface area contributed by atoms with Gasteiger partial charge in [0.05, 0.1) is 5.56 Å². The van der Waals surface area contributed by atoms with E-state index < -0.39 is 0 Å². The number of rotatable bonds is 4. The Kier molecular flexibility index (Phi) is 4.80. The van der Waals surface area contributed by atoms with E-state index in [-0.39, 0.29) is 5.91 Å². The largest absolute Gasteiger partial charge is 0.384 e. The molecule has 1 aromatic carbocycles. The Bertz CT molecular complexity index is 504. The second-order valence-electron chi connectivity index (χ2n) is 4.57. The standard InChI is InChI=1S/C14H16BrN3O/c15-13-9-12(4-3-11(13)10-16)17-6-5-14(19)18-7-1-2-8-18/h3-4,9,17H,1-2,5-8H2. The molecule has 0 aliphatic carbocycles. The minimum Gasteiger partial charge on any atom is -0.384 e. The van der Waals surface area contributed by atoms with E-state index in [1.165, 1.54) is 0 Å². The van der Waals surface area contributed by atoms with E-state index in [2.05, 4.69) is 27.3 Å². The molecule has 1 aliphatic heterocycles. The van der Waals surface area contributed by atoms with E-state index >= 15 is 0 Å². The van der Waals surface area contributed by atoms with Crippen LogP contribution in [0.2, 0.25) is 0 Å². The van der Waals surface area contributed by atoms with Crippen LogP contribution >= 0.6 is 15.9 Å². The fourth-order valence-corrected chi connectivity index (χ4v) is 2.62. The number of halogens is 1. The zero-order chi connectivity index (χ0) is 13.7. The minimum absolute atomic E-state index is 0.220. The van der Waals surface area contributed by atoms with Gasteiger partial charge in [-0.15, -0.1) is 0 Å². The van der Waals surface area contributed by atoms with E-state index in [1.807, 2.05) is 17.0 Å². The van der Waals surface area contributed by atoms with Gasteiger partial charge in [0.2, 0.25) is 5.91 Å². The van der Waals surface area contributed by atoms with Gasteiger partial charge in [0, 0.05) is 36.2 Å². The van der Waals surface area contributed by atoms with E-state index in [0.717, 1.165) is 36.1 Å². The van der Waals surface area contributed by atoms with E-state index in [9.17, 15) is 4.79 Å². The first-order valence-corrected chi connectivity index (χ1v) is 7.21. The van der Waals surface area contributed by atoms with Crippen molar-refractivity contribution in [3.8, 4) is 6.07 Å². The molecule has 0 saturated carbocycles. The van der Waals surface area contributed by atoms with Crippen molar-refractivity contribution in [3.05, 3.63) is 28.2 Å². The molecular weight excluding hydrogens is 306 g/mol. The molecule has 1 N–H and O–H groups in total. The summed E-state index contributed by atoms with van der Waals surface area (Å²) in [6.45, 7) is 2.43. The number of nitrogens with zero attached hydrogens (tertiary/aromatic N) is 2. The van der Waals surface area contributed by atoms with Gasteiger partial charge in [-0.1, -0.05) is 0 Å². The van der Waals surface area contributed by atoms with Gasteiger partial charge >= 0.3 is 0 Å². The first-order chi connectivity index (χ1) is 9.20. The molecule has 1 amide bonds. The van der Waals surface area contributed by atoms with Crippen molar-refractivity contribution < 1.29 is 4.79 Å². The van der Waals surface area contributed by atoms with Crippen LogP contribution in [-0.2, 0) is 4.79 Å². The summed E-state index contributed by atoms with van der Waals surface area (Å²) in [4.78, 5) is 13.8. The Morgan fingerprint density at radius 1 is 1.42 bits per heavy atom. The van der Waals surface area contributed by atoms with E-state index in [4.69, 9.17) is 5.26 Å². The molecule has 1 heterocycles. The number of nitriles is 1. The normalized spacial score (nSPS) is 14.2. The lowest BCUT2D eigenvalue weighted by atomic mass is 10.2. The predicted molar refractivity (Wildman–Crippen MR) is 77.8 cm³/mol. The smallest absolute Gasteiger partial charge is 0.224 e. The molecule has 4 nitrogen and oxygen atoms in total. The highest BCUT2D eigenvalue weighted by molar-refractivity contribution is 9.10. The number of hydrogen-bond acceptors (Lipinski definition) is 3. The highest BCUT2D eigenvalue weighted by Crippen LogP contribution is 2.20. The van der Waals surface area contributed by atoms with Crippen LogP contribution in [0.4, 0.5) is 5.69 Å². The summed E-state index contributed by atoms with van der Waals surface area (Å²) in [5.41, 5.74) is 1.53. The number of anilines is 1. The van der Waals surface area contributed by atoms with Gasteiger partial charge in [0.25, 0.3) is 0 Å². The molecule has 0 spiro atoms. The van der Waals surface area contributed by atoms with Crippen molar-refractivity contribution in [1.29, 1.82) is 5.26 Å². The van der Waals surface area contributed by atoms with Gasteiger partial charge in [-0.25, -0.2) is 0 Å². The number of carbonyl (C=O) groups excluding carboxylic acids is 1. The highest BCUT2D eigenvalue weighted by atomic mass is 79.9. The van der Waals surface area contributed by atoms with Gasteiger partial charge < -0.3 is 10.2 Å². The van der Waals surface area contributed by atoms with Crippen LogP contribution in [0.25, 0.3) is 0 Å². The molecule has 0 radical (unpaired) electrons. The van der Waals surface area contributed by atoms with Crippen LogP contribution in [0.3, 0.4) is 0 Å². The monoisotopic (exact) mass is 321 g/mol. The van der Waals surface area contributed by atoms with Crippen LogP contribution in [0.15, 0.2) is 22.7 Å². The maximum absolute atomic E-state index is 11.8. The second kappa shape index (κ2) is 6.58. The van der Waals surface area contributed by atoms with Gasteiger partial charge in [0.15, 0.2) is 0 Å². The lowest BCUT2D eigenvalue weighted by Crippen LogP contribution is -2.29. The first-order valence-electron chi connectivity index (χ1n) is 6.42. The molecule has 100 valence electrons. The van der Waals surface area contributed by atoms with E-state index in [0.29, 0.717) is 18.5 Å². The first kappa shape index (κ1) is 13.9. The van der Waals surface area contributed by atoms with Gasteiger partial charge in [-0.05, 0) is 47.0 Å². The Morgan fingerprint density at radius 2 is 2.16 bits per heavy atom. The van der Waals surface area contributed by atoms with E-state index in [1.54, 1.807) is 6.07 Å².